The standard InChI is InChI=1S/C8H9ClN2O/c1-4-6(10)3-2-5(7(4)9)8(11)12/h2-3H,10H2,1H3,(H2,11,12). The summed E-state index contributed by atoms with van der Waals surface area (Å²) in [5, 5.41) is 0.336. The first-order valence-electron chi connectivity index (χ1n) is 3.38. The van der Waals surface area contributed by atoms with Crippen molar-refractivity contribution in [2.24, 2.45) is 5.73 Å². The summed E-state index contributed by atoms with van der Waals surface area (Å²) in [5.41, 5.74) is 12.2. The number of rotatable bonds is 1. The lowest BCUT2D eigenvalue weighted by molar-refractivity contribution is 0.100. The van der Waals surface area contributed by atoms with Crippen LogP contribution in [0.5, 0.6) is 0 Å². The Balaban J connectivity index is 3.36. The zero-order valence-electron chi connectivity index (χ0n) is 6.60. The summed E-state index contributed by atoms with van der Waals surface area (Å²) in [6.07, 6.45) is 0. The van der Waals surface area contributed by atoms with Gasteiger partial charge in [-0.2, -0.15) is 0 Å². The van der Waals surface area contributed by atoms with E-state index in [9.17, 15) is 4.79 Å². The molecule has 0 aliphatic rings. The Hall–Kier alpha value is -1.22. The number of anilines is 1. The van der Waals surface area contributed by atoms with E-state index < -0.39 is 5.91 Å². The lowest BCUT2D eigenvalue weighted by Gasteiger charge is -2.05. The monoisotopic (exact) mass is 184 g/mol. The molecule has 1 aromatic carbocycles. The minimum atomic E-state index is -0.539. The van der Waals surface area contributed by atoms with Gasteiger partial charge in [-0.05, 0) is 24.6 Å². The van der Waals surface area contributed by atoms with Crippen LogP contribution in [0.25, 0.3) is 0 Å². The van der Waals surface area contributed by atoms with Crippen LogP contribution < -0.4 is 11.5 Å². The molecule has 0 aliphatic carbocycles. The third kappa shape index (κ3) is 1.36. The highest BCUT2D eigenvalue weighted by molar-refractivity contribution is 6.34. The third-order valence-corrected chi connectivity index (χ3v) is 2.18. The maximum absolute atomic E-state index is 10.8. The van der Waals surface area contributed by atoms with Crippen LogP contribution >= 0.6 is 11.6 Å². The van der Waals surface area contributed by atoms with Gasteiger partial charge in [0.25, 0.3) is 0 Å². The Kier molecular flexibility index (Phi) is 2.24. The van der Waals surface area contributed by atoms with E-state index in [0.29, 0.717) is 21.8 Å². The molecule has 0 heterocycles. The van der Waals surface area contributed by atoms with Gasteiger partial charge in [-0.3, -0.25) is 4.79 Å². The minimum absolute atomic E-state index is 0.309. The molecule has 1 amide bonds. The van der Waals surface area contributed by atoms with Crippen LogP contribution in [0.1, 0.15) is 15.9 Å². The largest absolute Gasteiger partial charge is 0.398 e. The number of nitrogens with two attached hydrogens (primary N) is 2. The van der Waals surface area contributed by atoms with Gasteiger partial charge in [0, 0.05) is 5.69 Å². The number of carbonyl (C=O) groups excluding carboxylic acids is 1. The number of amides is 1. The van der Waals surface area contributed by atoms with Gasteiger partial charge in [0.1, 0.15) is 0 Å². The highest BCUT2D eigenvalue weighted by Crippen LogP contribution is 2.24. The molecule has 0 bridgehead atoms. The molecular weight excluding hydrogens is 176 g/mol. The summed E-state index contributed by atoms with van der Waals surface area (Å²) in [6.45, 7) is 1.74. The van der Waals surface area contributed by atoms with E-state index in [0.717, 1.165) is 0 Å². The van der Waals surface area contributed by atoms with E-state index in [1.165, 1.54) is 6.07 Å². The molecule has 0 saturated heterocycles. The average molecular weight is 185 g/mol. The first kappa shape index (κ1) is 8.87. The second-order valence-corrected chi connectivity index (χ2v) is 2.88. The number of primary amides is 1. The maximum Gasteiger partial charge on any atom is 0.250 e. The summed E-state index contributed by atoms with van der Waals surface area (Å²) in [5.74, 6) is -0.539. The molecule has 4 N–H and O–H groups in total. The van der Waals surface area contributed by atoms with Crippen molar-refractivity contribution in [3.8, 4) is 0 Å². The number of hydrogen-bond donors (Lipinski definition) is 2. The van der Waals surface area contributed by atoms with Crippen LogP contribution in [0, 0.1) is 6.92 Å². The van der Waals surface area contributed by atoms with Crippen molar-refractivity contribution in [1.82, 2.24) is 0 Å². The van der Waals surface area contributed by atoms with Gasteiger partial charge in [-0.1, -0.05) is 11.6 Å². The summed E-state index contributed by atoms with van der Waals surface area (Å²) < 4.78 is 0. The molecule has 0 unspecified atom stereocenters. The number of benzene rings is 1. The summed E-state index contributed by atoms with van der Waals surface area (Å²) in [6, 6.07) is 3.13. The minimum Gasteiger partial charge on any atom is -0.398 e. The Morgan fingerprint density at radius 1 is 1.50 bits per heavy atom. The molecule has 12 heavy (non-hydrogen) atoms. The van der Waals surface area contributed by atoms with E-state index in [1.54, 1.807) is 13.0 Å². The van der Waals surface area contributed by atoms with Crippen LogP contribution in [-0.2, 0) is 0 Å². The van der Waals surface area contributed by atoms with Gasteiger partial charge in [-0.25, -0.2) is 0 Å². The van der Waals surface area contributed by atoms with E-state index in [2.05, 4.69) is 0 Å². The molecular formula is C8H9ClN2O. The maximum atomic E-state index is 10.8. The predicted octanol–water partition coefficient (Wildman–Crippen LogP) is 1.33. The molecule has 0 aromatic heterocycles. The lowest BCUT2D eigenvalue weighted by Crippen LogP contribution is -2.12. The number of nitrogen functional groups attached to an aromatic ring is 1. The smallest absolute Gasteiger partial charge is 0.250 e. The van der Waals surface area contributed by atoms with Gasteiger partial charge < -0.3 is 11.5 Å². The van der Waals surface area contributed by atoms with Crippen molar-refractivity contribution >= 4 is 23.2 Å². The van der Waals surface area contributed by atoms with E-state index >= 15 is 0 Å². The molecule has 0 fully saturated rings. The number of hydrogen-bond acceptors (Lipinski definition) is 2. The number of carbonyl (C=O) groups is 1. The second-order valence-electron chi connectivity index (χ2n) is 2.51. The second kappa shape index (κ2) is 3.03. The van der Waals surface area contributed by atoms with Crippen molar-refractivity contribution in [3.63, 3.8) is 0 Å². The van der Waals surface area contributed by atoms with Crippen LogP contribution in [0.3, 0.4) is 0 Å². The molecule has 0 saturated carbocycles. The zero-order chi connectivity index (χ0) is 9.30. The fourth-order valence-corrected chi connectivity index (χ4v) is 1.16. The first-order valence-corrected chi connectivity index (χ1v) is 3.76. The van der Waals surface area contributed by atoms with E-state index in [1.807, 2.05) is 0 Å². The van der Waals surface area contributed by atoms with Crippen molar-refractivity contribution in [2.75, 3.05) is 5.73 Å². The Bertz CT molecular complexity index is 336. The van der Waals surface area contributed by atoms with Gasteiger partial charge in [0.15, 0.2) is 0 Å². The molecule has 0 aliphatic heterocycles. The molecule has 0 spiro atoms. The topological polar surface area (TPSA) is 69.1 Å². The van der Waals surface area contributed by atoms with Crippen LogP contribution in [0.2, 0.25) is 5.02 Å². The Morgan fingerprint density at radius 3 is 2.58 bits per heavy atom. The van der Waals surface area contributed by atoms with Crippen molar-refractivity contribution < 1.29 is 4.79 Å². The van der Waals surface area contributed by atoms with Crippen LogP contribution in [0.4, 0.5) is 5.69 Å². The quantitative estimate of drug-likeness (QED) is 0.647. The van der Waals surface area contributed by atoms with Crippen molar-refractivity contribution in [3.05, 3.63) is 28.3 Å². The molecule has 1 aromatic rings. The normalized spacial score (nSPS) is 9.83. The fraction of sp³-hybridized carbons (Fsp3) is 0.125. The molecule has 3 nitrogen and oxygen atoms in total. The Morgan fingerprint density at radius 2 is 2.08 bits per heavy atom. The molecule has 0 radical (unpaired) electrons. The fourth-order valence-electron chi connectivity index (χ4n) is 0.890. The highest BCUT2D eigenvalue weighted by atomic mass is 35.5. The van der Waals surface area contributed by atoms with Crippen molar-refractivity contribution in [1.29, 1.82) is 0 Å². The number of halogens is 1. The Labute approximate surface area is 75.3 Å². The predicted molar refractivity (Wildman–Crippen MR) is 49.1 cm³/mol. The molecule has 0 atom stereocenters. The van der Waals surface area contributed by atoms with Gasteiger partial charge in [0.05, 0.1) is 10.6 Å². The summed E-state index contributed by atoms with van der Waals surface area (Å²) in [4.78, 5) is 10.8. The zero-order valence-corrected chi connectivity index (χ0v) is 7.35. The van der Waals surface area contributed by atoms with Gasteiger partial charge in [-0.15, -0.1) is 0 Å². The molecule has 1 rings (SSSR count). The van der Waals surface area contributed by atoms with Crippen LogP contribution in [0.15, 0.2) is 12.1 Å². The van der Waals surface area contributed by atoms with Crippen molar-refractivity contribution in [2.45, 2.75) is 6.92 Å². The summed E-state index contributed by atoms with van der Waals surface area (Å²) in [7, 11) is 0. The molecule has 4 heteroatoms. The van der Waals surface area contributed by atoms with E-state index in [-0.39, 0.29) is 0 Å². The van der Waals surface area contributed by atoms with Gasteiger partial charge in [0.2, 0.25) is 5.91 Å². The van der Waals surface area contributed by atoms with Gasteiger partial charge >= 0.3 is 0 Å². The lowest BCUT2D eigenvalue weighted by atomic mass is 10.1. The summed E-state index contributed by atoms with van der Waals surface area (Å²) >= 11 is 5.81. The highest BCUT2D eigenvalue weighted by Gasteiger charge is 2.09. The first-order chi connectivity index (χ1) is 5.54. The SMILES string of the molecule is Cc1c(N)ccc(C(N)=O)c1Cl. The average Bonchev–Trinajstić information content (AvgIpc) is 2.00. The van der Waals surface area contributed by atoms with Crippen LogP contribution in [-0.4, -0.2) is 5.91 Å². The molecule has 64 valence electrons. The van der Waals surface area contributed by atoms with E-state index in [4.69, 9.17) is 23.1 Å². The third-order valence-electron chi connectivity index (χ3n) is 1.69.